The number of esters is 4. The number of ether oxygens (including phenoxy) is 4. The van der Waals surface area contributed by atoms with Crippen molar-refractivity contribution in [3.63, 3.8) is 0 Å². The Hall–Kier alpha value is -1.94. The molecule has 0 rings (SSSR count). The lowest BCUT2D eigenvalue weighted by molar-refractivity contribution is -0.161. The lowest BCUT2D eigenvalue weighted by atomic mass is 10.0. The summed E-state index contributed by atoms with van der Waals surface area (Å²) in [7, 11) is -9.91. The molecule has 552 valence electrons. The standard InChI is InChI=1S/C74H144O17P2/c1-64(2)50-42-34-26-21-17-13-10-9-11-15-20-24-30-40-48-56-73(78)90-69(60-84-71(76)54-46-38-29-23-19-16-12-14-18-22-27-35-43-51-65(3)4)62-88-92(80,81)86-58-68(75)59-87-93(82,83)89-63-70(61-85-72(77)55-47-39-33-32-37-45-53-67(7)8)91-74(79)57-49-41-31-25-28-36-44-52-66(5)6/h64-70,75H,9-63H2,1-8H3,(H,80,81)(H,82,83)/t68-,69-,70-/m1/s1. The van der Waals surface area contributed by atoms with Crippen LogP contribution in [-0.2, 0) is 65.4 Å². The SMILES string of the molecule is CC(C)CCCCCCCCCCCCCCCCCC(=O)O[C@H](COC(=O)CCCCCCCCCCCCCCCC(C)C)COP(=O)(O)OC[C@@H](O)COP(=O)(O)OC[C@@H](COC(=O)CCCCCCCCC(C)C)OC(=O)CCCCCCCCCC(C)C. The lowest BCUT2D eigenvalue weighted by Crippen LogP contribution is -2.30. The van der Waals surface area contributed by atoms with E-state index in [1.54, 1.807) is 0 Å². The quantitative estimate of drug-likeness (QED) is 0.0222. The van der Waals surface area contributed by atoms with Crippen LogP contribution in [-0.4, -0.2) is 96.7 Å². The molecule has 5 atom stereocenters. The van der Waals surface area contributed by atoms with E-state index in [0.29, 0.717) is 37.5 Å². The summed E-state index contributed by atoms with van der Waals surface area (Å²) in [4.78, 5) is 72.6. The first-order chi connectivity index (χ1) is 44.6. The fourth-order valence-corrected chi connectivity index (χ4v) is 12.8. The lowest BCUT2D eigenvalue weighted by Gasteiger charge is -2.21. The molecule has 0 heterocycles. The average Bonchev–Trinajstić information content (AvgIpc) is 3.56. The van der Waals surface area contributed by atoms with Gasteiger partial charge in [-0.05, 0) is 49.4 Å². The van der Waals surface area contributed by atoms with Gasteiger partial charge in [0.15, 0.2) is 12.2 Å². The summed E-state index contributed by atoms with van der Waals surface area (Å²) in [6, 6.07) is 0. The maximum Gasteiger partial charge on any atom is 0.472 e. The number of rotatable bonds is 71. The molecule has 0 fully saturated rings. The van der Waals surface area contributed by atoms with Crippen LogP contribution in [0.3, 0.4) is 0 Å². The topological polar surface area (TPSA) is 237 Å². The Morgan fingerprint density at radius 1 is 0.269 bits per heavy atom. The van der Waals surface area contributed by atoms with E-state index in [0.717, 1.165) is 108 Å². The molecule has 2 unspecified atom stereocenters. The number of unbranched alkanes of at least 4 members (excludes halogenated alkanes) is 37. The summed E-state index contributed by atoms with van der Waals surface area (Å²) in [6.07, 6.45) is 47.5. The highest BCUT2D eigenvalue weighted by Crippen LogP contribution is 2.45. The monoisotopic (exact) mass is 1370 g/mol. The van der Waals surface area contributed by atoms with E-state index in [-0.39, 0.29) is 25.7 Å². The second kappa shape index (κ2) is 63.5. The van der Waals surface area contributed by atoms with Gasteiger partial charge in [0.1, 0.15) is 19.3 Å². The number of carbonyl (C=O) groups is 4. The Labute approximate surface area is 568 Å². The van der Waals surface area contributed by atoms with Gasteiger partial charge >= 0.3 is 39.5 Å². The van der Waals surface area contributed by atoms with Gasteiger partial charge in [0.2, 0.25) is 0 Å². The average molecular weight is 1370 g/mol. The van der Waals surface area contributed by atoms with Gasteiger partial charge in [-0.15, -0.1) is 0 Å². The molecule has 0 aromatic rings. The summed E-state index contributed by atoms with van der Waals surface area (Å²) in [5.41, 5.74) is 0. The van der Waals surface area contributed by atoms with Gasteiger partial charge in [0, 0.05) is 25.7 Å². The van der Waals surface area contributed by atoms with E-state index < -0.39 is 97.5 Å². The summed E-state index contributed by atoms with van der Waals surface area (Å²) in [5.74, 6) is 0.841. The largest absolute Gasteiger partial charge is 0.472 e. The minimum Gasteiger partial charge on any atom is -0.462 e. The maximum absolute atomic E-state index is 13.1. The van der Waals surface area contributed by atoms with E-state index in [2.05, 4.69) is 55.4 Å². The first-order valence-corrected chi connectivity index (χ1v) is 41.2. The molecule has 93 heavy (non-hydrogen) atoms. The number of carbonyl (C=O) groups excluding carboxylic acids is 4. The third-order valence-electron chi connectivity index (χ3n) is 17.1. The number of aliphatic hydroxyl groups is 1. The Balaban J connectivity index is 5.22. The molecular weight excluding hydrogens is 1220 g/mol. The van der Waals surface area contributed by atoms with Gasteiger partial charge in [-0.2, -0.15) is 0 Å². The molecule has 0 bridgehead atoms. The highest BCUT2D eigenvalue weighted by Gasteiger charge is 2.30. The zero-order valence-corrected chi connectivity index (χ0v) is 62.7. The normalized spacial score (nSPS) is 14.2. The van der Waals surface area contributed by atoms with E-state index in [1.807, 2.05) is 0 Å². The molecule has 3 N–H and O–H groups in total. The van der Waals surface area contributed by atoms with Gasteiger partial charge < -0.3 is 33.8 Å². The van der Waals surface area contributed by atoms with Crippen LogP contribution >= 0.6 is 15.6 Å². The number of phosphoric acid groups is 2. The fraction of sp³-hybridized carbons (Fsp3) is 0.946. The smallest absolute Gasteiger partial charge is 0.462 e. The van der Waals surface area contributed by atoms with Crippen molar-refractivity contribution in [2.24, 2.45) is 23.7 Å². The molecule has 0 amide bonds. The van der Waals surface area contributed by atoms with E-state index in [4.69, 9.17) is 37.0 Å². The molecule has 19 heteroatoms. The fourth-order valence-electron chi connectivity index (χ4n) is 11.2. The van der Waals surface area contributed by atoms with Crippen molar-refractivity contribution in [1.82, 2.24) is 0 Å². The number of hydrogen-bond acceptors (Lipinski definition) is 15. The first-order valence-electron chi connectivity index (χ1n) is 38.2. The van der Waals surface area contributed by atoms with Crippen molar-refractivity contribution in [1.29, 1.82) is 0 Å². The summed E-state index contributed by atoms with van der Waals surface area (Å²) in [5, 5.41) is 10.6. The molecule has 0 radical (unpaired) electrons. The molecule has 0 aliphatic carbocycles. The maximum atomic E-state index is 13.1. The summed E-state index contributed by atoms with van der Waals surface area (Å²) < 4.78 is 68.4. The van der Waals surface area contributed by atoms with Gasteiger partial charge in [-0.25, -0.2) is 9.13 Å². The van der Waals surface area contributed by atoms with Gasteiger partial charge in [-0.1, -0.05) is 319 Å². The van der Waals surface area contributed by atoms with Crippen LogP contribution < -0.4 is 0 Å². The molecule has 17 nitrogen and oxygen atoms in total. The van der Waals surface area contributed by atoms with Crippen molar-refractivity contribution < 1.29 is 80.2 Å². The van der Waals surface area contributed by atoms with Gasteiger partial charge in [0.25, 0.3) is 0 Å². The molecule has 0 aliphatic heterocycles. The molecule has 0 aromatic carbocycles. The van der Waals surface area contributed by atoms with Gasteiger partial charge in [0.05, 0.1) is 26.4 Å². The molecular formula is C74H144O17P2. The first kappa shape index (κ1) is 91.1. The predicted molar refractivity (Wildman–Crippen MR) is 377 cm³/mol. The highest BCUT2D eigenvalue weighted by atomic mass is 31.2. The summed E-state index contributed by atoms with van der Waals surface area (Å²) in [6.45, 7) is 14.1. The van der Waals surface area contributed by atoms with E-state index in [9.17, 15) is 43.2 Å². The highest BCUT2D eigenvalue weighted by molar-refractivity contribution is 7.47. The van der Waals surface area contributed by atoms with Crippen LogP contribution in [0.4, 0.5) is 0 Å². The van der Waals surface area contributed by atoms with Crippen LogP contribution in [0.1, 0.15) is 370 Å². The van der Waals surface area contributed by atoms with Crippen LogP contribution in [0.5, 0.6) is 0 Å². The predicted octanol–water partition coefficient (Wildman–Crippen LogP) is 21.3. The zero-order valence-electron chi connectivity index (χ0n) is 60.9. The Morgan fingerprint density at radius 3 is 0.667 bits per heavy atom. The van der Waals surface area contributed by atoms with Crippen LogP contribution in [0.2, 0.25) is 0 Å². The number of aliphatic hydroxyl groups excluding tert-OH is 1. The van der Waals surface area contributed by atoms with Gasteiger partial charge in [-0.3, -0.25) is 37.3 Å². The molecule has 0 saturated carbocycles. The van der Waals surface area contributed by atoms with E-state index >= 15 is 0 Å². The third-order valence-corrected chi connectivity index (χ3v) is 19.0. The Morgan fingerprint density at radius 2 is 0.452 bits per heavy atom. The molecule has 0 aromatic heterocycles. The second-order valence-electron chi connectivity index (χ2n) is 28.6. The minimum absolute atomic E-state index is 0.102. The molecule has 0 saturated heterocycles. The second-order valence-corrected chi connectivity index (χ2v) is 31.5. The number of hydrogen-bond donors (Lipinski definition) is 3. The van der Waals surface area contributed by atoms with Crippen molar-refractivity contribution >= 4 is 39.5 Å². The summed E-state index contributed by atoms with van der Waals surface area (Å²) >= 11 is 0. The minimum atomic E-state index is -4.96. The van der Waals surface area contributed by atoms with Crippen LogP contribution in [0.25, 0.3) is 0 Å². The number of phosphoric ester groups is 2. The van der Waals surface area contributed by atoms with Crippen LogP contribution in [0.15, 0.2) is 0 Å². The van der Waals surface area contributed by atoms with Crippen molar-refractivity contribution in [2.75, 3.05) is 39.6 Å². The van der Waals surface area contributed by atoms with Crippen LogP contribution in [0, 0.1) is 23.7 Å². The zero-order chi connectivity index (χ0) is 68.9. The molecule has 0 spiro atoms. The van der Waals surface area contributed by atoms with Crippen molar-refractivity contribution in [2.45, 2.75) is 388 Å². The Kier molecular flexibility index (Phi) is 62.2. The Bertz CT molecular complexity index is 1830. The molecule has 0 aliphatic rings. The van der Waals surface area contributed by atoms with Crippen molar-refractivity contribution in [3.05, 3.63) is 0 Å². The third kappa shape index (κ3) is 68.4. The van der Waals surface area contributed by atoms with E-state index in [1.165, 1.54) is 167 Å². The van der Waals surface area contributed by atoms with Crippen molar-refractivity contribution in [3.8, 4) is 0 Å².